The lowest BCUT2D eigenvalue weighted by Gasteiger charge is -2.23. The first kappa shape index (κ1) is 17.5. The summed E-state index contributed by atoms with van der Waals surface area (Å²) in [6.07, 6.45) is 0. The van der Waals surface area contributed by atoms with Crippen LogP contribution in [-0.2, 0) is 23.5 Å². The molecular formula is C17H22ClN3O2. The molecule has 2 N–H and O–H groups in total. The maximum Gasteiger partial charge on any atom is 0.256 e. The quantitative estimate of drug-likeness (QED) is 0.882. The van der Waals surface area contributed by atoms with E-state index in [1.165, 1.54) is 6.92 Å². The number of aliphatic hydroxyl groups is 1. The van der Waals surface area contributed by atoms with Gasteiger partial charge in [0.25, 0.3) is 5.91 Å². The number of amides is 1. The smallest absolute Gasteiger partial charge is 0.256 e. The van der Waals surface area contributed by atoms with Crippen molar-refractivity contribution in [1.29, 1.82) is 0 Å². The van der Waals surface area contributed by atoms with Crippen LogP contribution in [0.5, 0.6) is 0 Å². The van der Waals surface area contributed by atoms with E-state index in [1.807, 2.05) is 25.5 Å². The van der Waals surface area contributed by atoms with Crippen LogP contribution in [-0.4, -0.2) is 20.8 Å². The summed E-state index contributed by atoms with van der Waals surface area (Å²) >= 11 is 5.84. The Hall–Kier alpha value is -1.85. The van der Waals surface area contributed by atoms with Gasteiger partial charge in [0.2, 0.25) is 0 Å². The van der Waals surface area contributed by atoms with E-state index in [2.05, 4.69) is 10.4 Å². The number of rotatable bonds is 5. The Kier molecular flexibility index (Phi) is 5.12. The summed E-state index contributed by atoms with van der Waals surface area (Å²) in [4.78, 5) is 12.4. The first-order chi connectivity index (χ1) is 10.8. The molecule has 0 fully saturated rings. The zero-order chi connectivity index (χ0) is 17.2. The molecule has 0 saturated carbocycles. The third kappa shape index (κ3) is 3.57. The van der Waals surface area contributed by atoms with Crippen molar-refractivity contribution < 1.29 is 9.90 Å². The molecule has 0 saturated heterocycles. The zero-order valence-electron chi connectivity index (χ0n) is 13.9. The summed E-state index contributed by atoms with van der Waals surface area (Å²) in [6.45, 7) is 8.50. The van der Waals surface area contributed by atoms with Gasteiger partial charge in [0.1, 0.15) is 0 Å². The highest BCUT2D eigenvalue weighted by Crippen LogP contribution is 2.23. The van der Waals surface area contributed by atoms with Gasteiger partial charge in [-0.25, -0.2) is 0 Å². The molecule has 0 radical (unpaired) electrons. The Morgan fingerprint density at radius 3 is 2.48 bits per heavy atom. The van der Waals surface area contributed by atoms with Gasteiger partial charge in [-0.05, 0) is 45.4 Å². The monoisotopic (exact) mass is 335 g/mol. The molecular weight excluding hydrogens is 314 g/mol. The third-order valence-corrected chi connectivity index (χ3v) is 4.36. The molecule has 0 aliphatic heterocycles. The van der Waals surface area contributed by atoms with Crippen molar-refractivity contribution in [2.45, 2.75) is 46.4 Å². The Balaban J connectivity index is 2.13. The molecule has 1 aromatic heterocycles. The fourth-order valence-corrected chi connectivity index (χ4v) is 2.67. The van der Waals surface area contributed by atoms with Crippen LogP contribution >= 0.6 is 11.6 Å². The molecule has 5 nitrogen and oxygen atoms in total. The van der Waals surface area contributed by atoms with Crippen molar-refractivity contribution in [2.24, 2.45) is 0 Å². The minimum atomic E-state index is -1.62. The van der Waals surface area contributed by atoms with Crippen molar-refractivity contribution in [3.05, 3.63) is 51.8 Å². The third-order valence-electron chi connectivity index (χ3n) is 4.11. The van der Waals surface area contributed by atoms with Crippen molar-refractivity contribution in [3.8, 4) is 0 Å². The lowest BCUT2D eigenvalue weighted by molar-refractivity contribution is -0.139. The van der Waals surface area contributed by atoms with Gasteiger partial charge in [-0.3, -0.25) is 9.48 Å². The molecule has 124 valence electrons. The average molecular weight is 336 g/mol. The first-order valence-corrected chi connectivity index (χ1v) is 7.94. The molecule has 1 aromatic carbocycles. The van der Waals surface area contributed by atoms with E-state index in [4.69, 9.17) is 11.6 Å². The number of carbonyl (C=O) groups is 1. The first-order valence-electron chi connectivity index (χ1n) is 7.57. The molecule has 0 spiro atoms. The minimum absolute atomic E-state index is 0.334. The predicted octanol–water partition coefficient (Wildman–Crippen LogP) is 2.70. The topological polar surface area (TPSA) is 67.2 Å². The maximum absolute atomic E-state index is 12.4. The zero-order valence-corrected chi connectivity index (χ0v) is 14.6. The van der Waals surface area contributed by atoms with Crippen molar-refractivity contribution in [2.75, 3.05) is 0 Å². The van der Waals surface area contributed by atoms with E-state index in [9.17, 15) is 9.90 Å². The van der Waals surface area contributed by atoms with Gasteiger partial charge >= 0.3 is 0 Å². The summed E-state index contributed by atoms with van der Waals surface area (Å²) < 4.78 is 1.90. The number of aryl methyl sites for hydroxylation is 2. The van der Waals surface area contributed by atoms with E-state index in [0.29, 0.717) is 17.1 Å². The van der Waals surface area contributed by atoms with Gasteiger partial charge in [-0.2, -0.15) is 5.10 Å². The van der Waals surface area contributed by atoms with Gasteiger partial charge in [0, 0.05) is 29.4 Å². The van der Waals surface area contributed by atoms with Crippen LogP contribution in [0.4, 0.5) is 0 Å². The van der Waals surface area contributed by atoms with Gasteiger partial charge in [-0.1, -0.05) is 23.7 Å². The number of nitrogens with zero attached hydrogens (tertiary/aromatic N) is 2. The molecule has 1 atom stereocenters. The van der Waals surface area contributed by atoms with Crippen LogP contribution in [0, 0.1) is 13.8 Å². The normalized spacial score (nSPS) is 13.7. The summed E-state index contributed by atoms with van der Waals surface area (Å²) in [6, 6.07) is 6.59. The van der Waals surface area contributed by atoms with E-state index in [1.54, 1.807) is 24.3 Å². The lowest BCUT2D eigenvalue weighted by atomic mass is 9.95. The molecule has 1 unspecified atom stereocenters. The Morgan fingerprint density at radius 2 is 1.96 bits per heavy atom. The molecule has 23 heavy (non-hydrogen) atoms. The predicted molar refractivity (Wildman–Crippen MR) is 90.2 cm³/mol. The van der Waals surface area contributed by atoms with Crippen LogP contribution in [0.3, 0.4) is 0 Å². The standard InChI is InChI=1S/C17H22ClN3O2/c1-5-21-12(3)15(11(2)20-21)10-19-16(22)17(4,23)13-6-8-14(18)9-7-13/h6-9,23H,5,10H2,1-4H3,(H,19,22). The minimum Gasteiger partial charge on any atom is -0.376 e. The van der Waals surface area contributed by atoms with Crippen molar-refractivity contribution in [1.82, 2.24) is 15.1 Å². The highest BCUT2D eigenvalue weighted by atomic mass is 35.5. The molecule has 1 heterocycles. The number of benzene rings is 1. The van der Waals surface area contributed by atoms with Gasteiger partial charge < -0.3 is 10.4 Å². The van der Waals surface area contributed by atoms with Crippen LogP contribution < -0.4 is 5.32 Å². The van der Waals surface area contributed by atoms with Gasteiger partial charge in [-0.15, -0.1) is 0 Å². The average Bonchev–Trinajstić information content (AvgIpc) is 2.79. The highest BCUT2D eigenvalue weighted by molar-refractivity contribution is 6.30. The summed E-state index contributed by atoms with van der Waals surface area (Å²) in [5.41, 5.74) is 1.77. The SMILES string of the molecule is CCn1nc(C)c(CNC(=O)C(C)(O)c2ccc(Cl)cc2)c1C. The number of hydrogen-bond donors (Lipinski definition) is 2. The molecule has 2 aromatic rings. The van der Waals surface area contributed by atoms with Crippen LogP contribution in [0.1, 0.15) is 36.4 Å². The van der Waals surface area contributed by atoms with E-state index < -0.39 is 11.5 Å². The number of carbonyl (C=O) groups excluding carboxylic acids is 1. The number of halogens is 1. The second-order valence-corrected chi connectivity index (χ2v) is 6.16. The van der Waals surface area contributed by atoms with E-state index in [-0.39, 0.29) is 0 Å². The maximum atomic E-state index is 12.4. The van der Waals surface area contributed by atoms with E-state index in [0.717, 1.165) is 23.5 Å². The van der Waals surface area contributed by atoms with Gasteiger partial charge in [0.05, 0.1) is 5.69 Å². The van der Waals surface area contributed by atoms with Crippen LogP contribution in [0.25, 0.3) is 0 Å². The number of hydrogen-bond acceptors (Lipinski definition) is 3. The molecule has 1 amide bonds. The fraction of sp³-hybridized carbons (Fsp3) is 0.412. The molecule has 2 rings (SSSR count). The van der Waals surface area contributed by atoms with Crippen LogP contribution in [0.15, 0.2) is 24.3 Å². The summed E-state index contributed by atoms with van der Waals surface area (Å²) in [5, 5.41) is 18.3. The second kappa shape index (κ2) is 6.72. The fourth-order valence-electron chi connectivity index (χ4n) is 2.54. The van der Waals surface area contributed by atoms with Gasteiger partial charge in [0.15, 0.2) is 5.60 Å². The highest BCUT2D eigenvalue weighted by Gasteiger charge is 2.32. The van der Waals surface area contributed by atoms with E-state index >= 15 is 0 Å². The molecule has 6 heteroatoms. The van der Waals surface area contributed by atoms with Crippen molar-refractivity contribution in [3.63, 3.8) is 0 Å². The second-order valence-electron chi connectivity index (χ2n) is 5.73. The molecule has 0 aliphatic rings. The van der Waals surface area contributed by atoms with Crippen LogP contribution in [0.2, 0.25) is 5.02 Å². The largest absolute Gasteiger partial charge is 0.376 e. The Morgan fingerprint density at radius 1 is 1.35 bits per heavy atom. The van der Waals surface area contributed by atoms with Crippen molar-refractivity contribution >= 4 is 17.5 Å². The Labute approximate surface area is 141 Å². The summed E-state index contributed by atoms with van der Waals surface area (Å²) in [7, 11) is 0. The number of aromatic nitrogens is 2. The number of nitrogens with one attached hydrogen (secondary N) is 1. The lowest BCUT2D eigenvalue weighted by Crippen LogP contribution is -2.42. The molecule has 0 bridgehead atoms. The Bertz CT molecular complexity index is 705. The summed E-state index contributed by atoms with van der Waals surface area (Å²) in [5.74, 6) is -0.456. The molecule has 0 aliphatic carbocycles.